The fourth-order valence-electron chi connectivity index (χ4n) is 23.1. The van der Waals surface area contributed by atoms with Crippen molar-refractivity contribution >= 4 is 136 Å². The molecule has 0 unspecified atom stereocenters. The highest BCUT2D eigenvalue weighted by Crippen LogP contribution is 2.66. The van der Waals surface area contributed by atoms with Gasteiger partial charge in [-0.25, -0.2) is 0 Å². The van der Waals surface area contributed by atoms with E-state index in [1.165, 1.54) is 61.2 Å². The quantitative estimate of drug-likeness (QED) is 0.141. The fourth-order valence-corrected chi connectivity index (χ4v) is 23.1. The smallest absolute Gasteiger partial charge is 0.252 e. The summed E-state index contributed by atoms with van der Waals surface area (Å²) in [5.74, 6) is 0. The molecule has 5 heterocycles. The van der Waals surface area contributed by atoms with Crippen LogP contribution in [0.5, 0.6) is 0 Å². The second kappa shape index (κ2) is 29.4. The molecule has 0 amide bonds. The van der Waals surface area contributed by atoms with Crippen LogP contribution in [0.25, 0.3) is 83.1 Å². The molecule has 1 spiro atoms. The maximum absolute atomic E-state index is 10.3. The molecule has 6 aliphatic rings. The summed E-state index contributed by atoms with van der Waals surface area (Å²) in [6.07, 6.45) is 0. The molecule has 24 rings (SSSR count). The molecular formula is C127H113B2N5. The van der Waals surface area contributed by atoms with Gasteiger partial charge in [0.25, 0.3) is 13.4 Å². The van der Waals surface area contributed by atoms with Crippen molar-refractivity contribution in [2.24, 2.45) is 0 Å². The Labute approximate surface area is 803 Å². The van der Waals surface area contributed by atoms with Crippen molar-refractivity contribution in [3.8, 4) is 61.3 Å². The molecule has 0 N–H and O–H groups in total. The van der Waals surface area contributed by atoms with Gasteiger partial charge in [-0.05, 0) is 268 Å². The van der Waals surface area contributed by atoms with E-state index in [0.29, 0.717) is 5.69 Å². The number of rotatable bonds is 8. The molecule has 0 saturated carbocycles. The lowest BCUT2D eigenvalue weighted by atomic mass is 9.30. The van der Waals surface area contributed by atoms with Gasteiger partial charge in [0.05, 0.1) is 38.8 Å². The normalized spacial score (nSPS) is 15.1. The van der Waals surface area contributed by atoms with Gasteiger partial charge in [0.2, 0.25) is 0 Å². The first kappa shape index (κ1) is 74.4. The van der Waals surface area contributed by atoms with Crippen molar-refractivity contribution < 1.29 is 11.0 Å². The Hall–Kier alpha value is -14.1. The number of fused-ring (bicyclic) bond motifs is 21. The highest BCUT2D eigenvalue weighted by molar-refractivity contribution is 7.03. The van der Waals surface area contributed by atoms with Crippen LogP contribution in [0.1, 0.15) is 191 Å². The number of aromatic nitrogens is 1. The van der Waals surface area contributed by atoms with Crippen molar-refractivity contribution in [2.45, 2.75) is 163 Å². The van der Waals surface area contributed by atoms with Crippen LogP contribution in [0, 0.1) is 0 Å². The average molecular weight is 1740 g/mol. The zero-order valence-corrected chi connectivity index (χ0v) is 79.8. The number of hydrogen-bond donors (Lipinski definition) is 0. The van der Waals surface area contributed by atoms with Crippen molar-refractivity contribution in [3.05, 3.63) is 413 Å². The van der Waals surface area contributed by atoms with Crippen LogP contribution in [0.2, 0.25) is 0 Å². The third-order valence-electron chi connectivity index (χ3n) is 29.8. The first-order valence-corrected chi connectivity index (χ1v) is 47.7. The zero-order chi connectivity index (χ0) is 99.0. The third kappa shape index (κ3) is 12.5. The first-order chi connectivity index (χ1) is 67.6. The fraction of sp³-hybridized carbons (Fsp3) is 0.197. The van der Waals surface area contributed by atoms with E-state index in [4.69, 9.17) is 0 Å². The minimum absolute atomic E-state index is 0.00163. The molecule has 5 nitrogen and oxygen atoms in total. The van der Waals surface area contributed by atoms with Gasteiger partial charge in [0.15, 0.2) is 0 Å². The summed E-state index contributed by atoms with van der Waals surface area (Å²) in [7, 11) is 0. The topological polar surface area (TPSA) is 17.9 Å². The summed E-state index contributed by atoms with van der Waals surface area (Å²) in [6, 6.07) is 114. The van der Waals surface area contributed by atoms with E-state index in [-0.39, 0.29) is 66.4 Å². The monoisotopic (exact) mass is 1740 g/mol. The van der Waals surface area contributed by atoms with Crippen LogP contribution in [0.4, 0.5) is 68.2 Å². The van der Waals surface area contributed by atoms with Gasteiger partial charge < -0.3 is 24.2 Å². The number of benzene rings is 17. The van der Waals surface area contributed by atoms with E-state index in [2.05, 4.69) is 454 Å². The molecule has 0 radical (unpaired) electrons. The van der Waals surface area contributed by atoms with Gasteiger partial charge in [-0.15, -0.1) is 0 Å². The molecule has 134 heavy (non-hydrogen) atoms. The molecule has 17 aromatic carbocycles. The second-order valence-electron chi connectivity index (χ2n) is 44.3. The molecule has 18 aromatic rings. The highest BCUT2D eigenvalue weighted by atomic mass is 15.2. The van der Waals surface area contributed by atoms with Gasteiger partial charge in [0.1, 0.15) is 0 Å². The van der Waals surface area contributed by atoms with Crippen LogP contribution < -0.4 is 52.4 Å². The van der Waals surface area contributed by atoms with Gasteiger partial charge in [-0.2, -0.15) is 0 Å². The van der Waals surface area contributed by atoms with Crippen molar-refractivity contribution in [3.63, 3.8) is 0 Å². The predicted molar refractivity (Wildman–Crippen MR) is 574 cm³/mol. The van der Waals surface area contributed by atoms with Gasteiger partial charge in [0, 0.05) is 84.5 Å². The van der Waals surface area contributed by atoms with Crippen molar-refractivity contribution in [2.75, 3.05) is 19.6 Å². The van der Waals surface area contributed by atoms with E-state index in [9.17, 15) is 11.0 Å². The summed E-state index contributed by atoms with van der Waals surface area (Å²) < 4.78 is 80.4. The Morgan fingerprint density at radius 3 is 1.06 bits per heavy atom. The Morgan fingerprint density at radius 2 is 0.597 bits per heavy atom. The predicted octanol–water partition coefficient (Wildman–Crippen LogP) is 30.1. The van der Waals surface area contributed by atoms with Crippen molar-refractivity contribution in [1.29, 1.82) is 0 Å². The lowest BCUT2D eigenvalue weighted by Gasteiger charge is -2.48. The van der Waals surface area contributed by atoms with Crippen LogP contribution in [-0.4, -0.2) is 18.0 Å². The number of anilines is 12. The van der Waals surface area contributed by atoms with E-state index in [1.54, 1.807) is 4.57 Å². The lowest BCUT2D eigenvalue weighted by molar-refractivity contribution is 0.568. The molecule has 2 aliphatic carbocycles. The van der Waals surface area contributed by atoms with Crippen molar-refractivity contribution in [1.82, 2.24) is 4.57 Å². The molecule has 7 heteroatoms. The Bertz CT molecular complexity index is 8240. The summed E-state index contributed by atoms with van der Waals surface area (Å²) in [5.41, 5.74) is 38.8. The zero-order valence-electron chi connectivity index (χ0n) is 87.8. The highest BCUT2D eigenvalue weighted by Gasteiger charge is 2.55. The molecule has 4 aliphatic heterocycles. The molecule has 0 fully saturated rings. The molecular weight excluding hydrogens is 1620 g/mol. The maximum Gasteiger partial charge on any atom is 0.252 e. The molecule has 0 bridgehead atoms. The van der Waals surface area contributed by atoms with Crippen LogP contribution >= 0.6 is 0 Å². The van der Waals surface area contributed by atoms with Gasteiger partial charge >= 0.3 is 0 Å². The number of hydrogen-bond acceptors (Lipinski definition) is 4. The molecule has 0 saturated heterocycles. The first-order valence-electron chi connectivity index (χ1n) is 51.7. The number of nitrogens with zero attached hydrogens (tertiary/aromatic N) is 5. The third-order valence-corrected chi connectivity index (χ3v) is 29.8. The lowest BCUT2D eigenvalue weighted by Crippen LogP contribution is -2.65. The summed E-state index contributed by atoms with van der Waals surface area (Å²) in [6.45, 7) is 40.5. The number of para-hydroxylation sites is 4. The van der Waals surface area contributed by atoms with Crippen LogP contribution in [-0.2, 0) is 37.9 Å². The molecule has 652 valence electrons. The van der Waals surface area contributed by atoms with Crippen LogP contribution in [0.3, 0.4) is 0 Å². The largest absolute Gasteiger partial charge is 0.311 e. The standard InChI is InChI=1S/C127H113B2N5/c1-121(2,3)81-45-39-46-87(67-81)130-111-77-112-106(76-105(111)128-104-58-34-38-62-110(104)133(89-70-84(124(10,11)12)66-85(71-89)125(13,14)15)116-75-90(74-115(130)119(116)128)131-107-59-35-28-50-95(107)96-51-29-36-60-108(96)131)129-103-57-33-37-61-109(103)132(88-68-82(122(4,5)6)65-83(69-88)123(7,8)9)113-63-80(91-52-40-53-97-94-49-27-32-56-102(94)127(117(91)97)100-54-30-25-47-92(100)93-48-26-31-55-101(93)127)64-114(118(113)129)134(112)120-98(78-41-21-19-22-42-78)72-86(126(16,17)18)73-99(120)79-43-23-20-24-44-79/h19-77H,1-18H3/i28D,29D,35D,36D,50D,51D,59D,60D. The maximum atomic E-state index is 10.3. The Balaban J connectivity index is 0.908. The summed E-state index contributed by atoms with van der Waals surface area (Å²) in [4.78, 5) is 10.3. The van der Waals surface area contributed by atoms with Crippen LogP contribution in [0.15, 0.2) is 358 Å². The molecule has 1 aromatic heterocycles. The minimum Gasteiger partial charge on any atom is -0.311 e. The van der Waals surface area contributed by atoms with E-state index >= 15 is 0 Å². The summed E-state index contributed by atoms with van der Waals surface area (Å²) in [5, 5.41) is 0.00325. The Morgan fingerprint density at radius 1 is 0.239 bits per heavy atom. The second-order valence-corrected chi connectivity index (χ2v) is 44.3. The van der Waals surface area contributed by atoms with E-state index in [1.807, 2.05) is 0 Å². The average Bonchev–Trinajstić information content (AvgIpc) is 1.48. The van der Waals surface area contributed by atoms with E-state index < -0.39 is 55.1 Å². The Kier molecular flexibility index (Phi) is 16.3. The SMILES string of the molecule is [2H]c1c([2H])c([2H])c2c(c1[2H])c1c([2H])c([2H])c([2H])c([2H])c1n2-c1cc2c3c(c1)N(c1cccc(C(C)(C)C)c1)c1cc4c(cc1B3c1ccccc1N2c1cc(C(C)(C)C)cc(C(C)(C)C)c1)B1c2ccccc2N(c2cc(C(C)(C)C)cc(C(C)(C)C)c2)c2cc(-c3cccc5c3C3(c6ccccc6-c6ccccc63)c3ccccc3-5)cc(c21)N4c1c(-c2ccccc2)cc(C(C)(C)C)cc1-c1ccccc1. The minimum atomic E-state index is -0.754. The van der Waals surface area contributed by atoms with Gasteiger partial charge in [-0.1, -0.05) is 379 Å². The summed E-state index contributed by atoms with van der Waals surface area (Å²) >= 11 is 0. The van der Waals surface area contributed by atoms with E-state index in [0.717, 1.165) is 151 Å². The van der Waals surface area contributed by atoms with Gasteiger partial charge in [-0.3, -0.25) is 0 Å². The molecule has 0 atom stereocenters.